The molecule has 18 heavy (non-hydrogen) atoms. The molecule has 2 nitrogen and oxygen atoms in total. The van der Waals surface area contributed by atoms with E-state index >= 15 is 0 Å². The average molecular weight is 270 g/mol. The fraction of sp³-hybridized carbons (Fsp3) is 0.600. The molecule has 0 radical (unpaired) electrons. The Balaban J connectivity index is 2.84. The Morgan fingerprint density at radius 3 is 2.50 bits per heavy atom. The predicted octanol–water partition coefficient (Wildman–Crippen LogP) is 4.44. The van der Waals surface area contributed by atoms with E-state index in [9.17, 15) is 0 Å². The third-order valence-electron chi connectivity index (χ3n) is 3.07. The molecule has 0 bridgehead atoms. The maximum atomic E-state index is 6.33. The summed E-state index contributed by atoms with van der Waals surface area (Å²) >= 11 is 6.33. The highest BCUT2D eigenvalue weighted by molar-refractivity contribution is 6.31. The summed E-state index contributed by atoms with van der Waals surface area (Å²) in [5, 5.41) is 4.29. The fourth-order valence-corrected chi connectivity index (χ4v) is 2.33. The number of benzene rings is 1. The van der Waals surface area contributed by atoms with Crippen molar-refractivity contribution in [2.24, 2.45) is 5.92 Å². The van der Waals surface area contributed by atoms with Crippen molar-refractivity contribution in [1.29, 1.82) is 0 Å². The zero-order valence-corrected chi connectivity index (χ0v) is 12.6. The molecule has 0 aliphatic rings. The van der Waals surface area contributed by atoms with Crippen LogP contribution in [0.5, 0.6) is 5.75 Å². The Morgan fingerprint density at radius 1 is 1.28 bits per heavy atom. The fourth-order valence-electron chi connectivity index (χ4n) is 2.03. The van der Waals surface area contributed by atoms with Crippen LogP contribution >= 0.6 is 11.6 Å². The maximum Gasteiger partial charge on any atom is 0.120 e. The molecular formula is C15H24ClNO. The summed E-state index contributed by atoms with van der Waals surface area (Å²) in [6.45, 7) is 7.57. The van der Waals surface area contributed by atoms with Gasteiger partial charge in [-0.25, -0.2) is 0 Å². The van der Waals surface area contributed by atoms with E-state index in [0.717, 1.165) is 23.7 Å². The zero-order valence-electron chi connectivity index (χ0n) is 11.8. The zero-order chi connectivity index (χ0) is 13.5. The van der Waals surface area contributed by atoms with Crippen molar-refractivity contribution in [3.05, 3.63) is 28.8 Å². The van der Waals surface area contributed by atoms with Crippen LogP contribution in [0.2, 0.25) is 5.02 Å². The van der Waals surface area contributed by atoms with E-state index in [1.165, 1.54) is 12.0 Å². The summed E-state index contributed by atoms with van der Waals surface area (Å²) in [4.78, 5) is 0. The summed E-state index contributed by atoms with van der Waals surface area (Å²) in [7, 11) is 1.66. The summed E-state index contributed by atoms with van der Waals surface area (Å²) in [5.41, 5.74) is 1.17. The smallest absolute Gasteiger partial charge is 0.120 e. The largest absolute Gasteiger partial charge is 0.497 e. The standard InChI is InChI=1S/C15H24ClNO/c1-5-17-15(9-6-11(2)3)13-8-7-12(18-4)10-14(13)16/h7-8,10-11,15,17H,5-6,9H2,1-4H3. The van der Waals surface area contributed by atoms with Crippen molar-refractivity contribution >= 4 is 11.6 Å². The second-order valence-electron chi connectivity index (χ2n) is 4.97. The molecule has 1 atom stereocenters. The van der Waals surface area contributed by atoms with Crippen LogP contribution in [0.1, 0.15) is 45.2 Å². The second kappa shape index (κ2) is 7.65. The molecular weight excluding hydrogens is 246 g/mol. The first-order valence-electron chi connectivity index (χ1n) is 6.65. The van der Waals surface area contributed by atoms with E-state index in [4.69, 9.17) is 16.3 Å². The Kier molecular flexibility index (Phi) is 6.51. The van der Waals surface area contributed by atoms with Crippen LogP contribution in [-0.2, 0) is 0 Å². The molecule has 0 aliphatic heterocycles. The molecule has 3 heteroatoms. The Hall–Kier alpha value is -0.730. The van der Waals surface area contributed by atoms with Gasteiger partial charge in [0.15, 0.2) is 0 Å². The third kappa shape index (κ3) is 4.51. The van der Waals surface area contributed by atoms with Gasteiger partial charge in [-0.2, -0.15) is 0 Å². The van der Waals surface area contributed by atoms with Gasteiger partial charge in [0.25, 0.3) is 0 Å². The summed E-state index contributed by atoms with van der Waals surface area (Å²) in [5.74, 6) is 1.52. The van der Waals surface area contributed by atoms with Gasteiger partial charge >= 0.3 is 0 Å². The maximum absolute atomic E-state index is 6.33. The van der Waals surface area contributed by atoms with Gasteiger partial charge in [0.05, 0.1) is 7.11 Å². The third-order valence-corrected chi connectivity index (χ3v) is 3.39. The molecule has 0 aromatic heterocycles. The van der Waals surface area contributed by atoms with E-state index in [-0.39, 0.29) is 0 Å². The molecule has 1 rings (SSSR count). The van der Waals surface area contributed by atoms with Crippen LogP contribution in [0.4, 0.5) is 0 Å². The SMILES string of the molecule is CCNC(CCC(C)C)c1ccc(OC)cc1Cl. The normalized spacial score (nSPS) is 12.8. The van der Waals surface area contributed by atoms with Crippen LogP contribution < -0.4 is 10.1 Å². The van der Waals surface area contributed by atoms with Crippen molar-refractivity contribution in [2.75, 3.05) is 13.7 Å². The highest BCUT2D eigenvalue weighted by atomic mass is 35.5. The Labute approximate surface area is 116 Å². The minimum absolute atomic E-state index is 0.329. The second-order valence-corrected chi connectivity index (χ2v) is 5.38. The molecule has 0 amide bonds. The summed E-state index contributed by atoms with van der Waals surface area (Å²) < 4.78 is 5.18. The molecule has 0 spiro atoms. The minimum Gasteiger partial charge on any atom is -0.497 e. The highest BCUT2D eigenvalue weighted by Gasteiger charge is 2.14. The number of nitrogens with one attached hydrogen (secondary N) is 1. The monoisotopic (exact) mass is 269 g/mol. The van der Waals surface area contributed by atoms with Gasteiger partial charge in [-0.15, -0.1) is 0 Å². The minimum atomic E-state index is 0.329. The van der Waals surface area contributed by atoms with Gasteiger partial charge in [-0.05, 0) is 43.0 Å². The first kappa shape index (κ1) is 15.3. The van der Waals surface area contributed by atoms with E-state index < -0.39 is 0 Å². The van der Waals surface area contributed by atoms with Crippen LogP contribution in [-0.4, -0.2) is 13.7 Å². The van der Waals surface area contributed by atoms with E-state index in [0.29, 0.717) is 12.0 Å². The molecule has 0 saturated carbocycles. The van der Waals surface area contributed by atoms with E-state index in [1.807, 2.05) is 12.1 Å². The predicted molar refractivity (Wildman–Crippen MR) is 78.5 cm³/mol. The van der Waals surface area contributed by atoms with Gasteiger partial charge in [-0.1, -0.05) is 38.4 Å². The number of hydrogen-bond donors (Lipinski definition) is 1. The van der Waals surface area contributed by atoms with Crippen LogP contribution in [0.15, 0.2) is 18.2 Å². The quantitative estimate of drug-likeness (QED) is 0.790. The number of ether oxygens (including phenoxy) is 1. The Bertz CT molecular complexity index is 366. The Morgan fingerprint density at radius 2 is 2.00 bits per heavy atom. The van der Waals surface area contributed by atoms with Crippen molar-refractivity contribution < 1.29 is 4.74 Å². The molecule has 0 heterocycles. The van der Waals surface area contributed by atoms with Crippen LogP contribution in [0.3, 0.4) is 0 Å². The lowest BCUT2D eigenvalue weighted by atomic mass is 9.97. The summed E-state index contributed by atoms with van der Waals surface area (Å²) in [6.07, 6.45) is 2.30. The van der Waals surface area contributed by atoms with Crippen molar-refractivity contribution in [1.82, 2.24) is 5.32 Å². The lowest BCUT2D eigenvalue weighted by Gasteiger charge is -2.21. The molecule has 0 saturated heterocycles. The van der Waals surface area contributed by atoms with Crippen molar-refractivity contribution in [2.45, 2.75) is 39.7 Å². The molecule has 1 aromatic carbocycles. The topological polar surface area (TPSA) is 21.3 Å². The molecule has 102 valence electrons. The molecule has 0 aliphatic carbocycles. The molecule has 1 N–H and O–H groups in total. The molecule has 1 aromatic rings. The van der Waals surface area contributed by atoms with Gasteiger partial charge in [0.1, 0.15) is 5.75 Å². The average Bonchev–Trinajstić information content (AvgIpc) is 2.34. The first-order chi connectivity index (χ1) is 8.58. The van der Waals surface area contributed by atoms with Crippen LogP contribution in [0, 0.1) is 5.92 Å². The molecule has 1 unspecified atom stereocenters. The number of methoxy groups -OCH3 is 1. The van der Waals surface area contributed by atoms with Gasteiger partial charge < -0.3 is 10.1 Å². The first-order valence-corrected chi connectivity index (χ1v) is 7.03. The van der Waals surface area contributed by atoms with Crippen molar-refractivity contribution in [3.63, 3.8) is 0 Å². The number of halogens is 1. The lowest BCUT2D eigenvalue weighted by Crippen LogP contribution is -2.21. The van der Waals surface area contributed by atoms with Crippen LogP contribution in [0.25, 0.3) is 0 Å². The number of hydrogen-bond acceptors (Lipinski definition) is 2. The highest BCUT2D eigenvalue weighted by Crippen LogP contribution is 2.30. The van der Waals surface area contributed by atoms with E-state index in [2.05, 4.69) is 32.2 Å². The van der Waals surface area contributed by atoms with Gasteiger partial charge in [-0.3, -0.25) is 0 Å². The van der Waals surface area contributed by atoms with Crippen molar-refractivity contribution in [3.8, 4) is 5.75 Å². The summed E-state index contributed by atoms with van der Waals surface area (Å²) in [6, 6.07) is 6.25. The van der Waals surface area contributed by atoms with Gasteiger partial charge in [0.2, 0.25) is 0 Å². The number of rotatable bonds is 7. The van der Waals surface area contributed by atoms with E-state index in [1.54, 1.807) is 7.11 Å². The van der Waals surface area contributed by atoms with Gasteiger partial charge in [0, 0.05) is 11.1 Å². The lowest BCUT2D eigenvalue weighted by molar-refractivity contribution is 0.413. The molecule has 0 fully saturated rings.